The molecule has 2 aromatic rings. The summed E-state index contributed by atoms with van der Waals surface area (Å²) in [7, 11) is 0. The van der Waals surface area contributed by atoms with Gasteiger partial charge in [-0.1, -0.05) is 24.3 Å². The Balaban J connectivity index is 1.37. The number of benzene rings is 2. The molecule has 0 amide bonds. The Kier molecular flexibility index (Phi) is 3.53. The van der Waals surface area contributed by atoms with E-state index >= 15 is 0 Å². The minimum absolute atomic E-state index is 0.0793. The third-order valence-electron chi connectivity index (χ3n) is 11.3. The van der Waals surface area contributed by atoms with E-state index in [2.05, 4.69) is 24.3 Å². The van der Waals surface area contributed by atoms with E-state index in [0.29, 0.717) is 0 Å². The van der Waals surface area contributed by atoms with E-state index in [-0.39, 0.29) is 22.3 Å². The van der Waals surface area contributed by atoms with Crippen LogP contribution in [0.15, 0.2) is 24.3 Å². The van der Waals surface area contributed by atoms with E-state index in [0.717, 1.165) is 46.6 Å². The van der Waals surface area contributed by atoms with E-state index in [4.69, 9.17) is 0 Å². The fourth-order valence-electron chi connectivity index (χ4n) is 11.3. The number of aromatic hydroxyl groups is 2. The van der Waals surface area contributed by atoms with Gasteiger partial charge in [-0.2, -0.15) is 0 Å². The highest BCUT2D eigenvalue weighted by Crippen LogP contribution is 2.67. The SMILES string of the molecule is Oc1c(O)c(C23CC4CC(CC(C4)C2)C3)c2ccccc2c1C12CC3CC(CC(C3)C1)C2. The molecule has 8 aliphatic carbocycles. The summed E-state index contributed by atoms with van der Waals surface area (Å²) in [4.78, 5) is 0. The van der Waals surface area contributed by atoms with Crippen LogP contribution >= 0.6 is 0 Å². The number of hydrogen-bond acceptors (Lipinski definition) is 2. The van der Waals surface area contributed by atoms with Crippen molar-refractivity contribution in [1.82, 2.24) is 0 Å². The smallest absolute Gasteiger partial charge is 0.162 e. The number of hydrogen-bond donors (Lipinski definition) is 2. The van der Waals surface area contributed by atoms with Gasteiger partial charge >= 0.3 is 0 Å². The summed E-state index contributed by atoms with van der Waals surface area (Å²) in [5, 5.41) is 26.1. The van der Waals surface area contributed by atoms with Gasteiger partial charge in [0.15, 0.2) is 11.5 Å². The summed E-state index contributed by atoms with van der Waals surface area (Å²) in [5.74, 6) is 5.46. The second-order valence-corrected chi connectivity index (χ2v) is 13.4. The van der Waals surface area contributed by atoms with Crippen LogP contribution in [0.5, 0.6) is 11.5 Å². The molecule has 0 atom stereocenters. The molecule has 0 aromatic heterocycles. The Morgan fingerprint density at radius 1 is 0.500 bits per heavy atom. The summed E-state index contributed by atoms with van der Waals surface area (Å²) in [6.45, 7) is 0. The average molecular weight is 429 g/mol. The molecule has 0 unspecified atom stereocenters. The number of phenols is 2. The van der Waals surface area contributed by atoms with E-state index in [1.807, 2.05) is 0 Å². The molecule has 8 fully saturated rings. The molecule has 168 valence electrons. The van der Waals surface area contributed by atoms with Crippen LogP contribution in [-0.4, -0.2) is 10.2 Å². The molecule has 0 heterocycles. The predicted molar refractivity (Wildman–Crippen MR) is 127 cm³/mol. The van der Waals surface area contributed by atoms with Gasteiger partial charge in [0.1, 0.15) is 0 Å². The van der Waals surface area contributed by atoms with Crippen molar-refractivity contribution in [3.8, 4) is 11.5 Å². The van der Waals surface area contributed by atoms with E-state index in [1.54, 1.807) is 0 Å². The summed E-state index contributed by atoms with van der Waals surface area (Å²) in [6.07, 6.45) is 15.7. The Morgan fingerprint density at radius 3 is 1.06 bits per heavy atom. The van der Waals surface area contributed by atoms with Gasteiger partial charge < -0.3 is 10.2 Å². The molecule has 8 bridgehead atoms. The molecule has 2 heteroatoms. The number of phenolic OH excluding ortho intramolecular Hbond substituents is 2. The van der Waals surface area contributed by atoms with Crippen LogP contribution in [0, 0.1) is 35.5 Å². The zero-order valence-electron chi connectivity index (χ0n) is 19.2. The lowest BCUT2D eigenvalue weighted by Gasteiger charge is -2.58. The molecule has 0 radical (unpaired) electrons. The first kappa shape index (κ1) is 18.7. The van der Waals surface area contributed by atoms with Gasteiger partial charge in [0.2, 0.25) is 0 Å². The highest BCUT2D eigenvalue weighted by atomic mass is 16.3. The van der Waals surface area contributed by atoms with E-state index < -0.39 is 0 Å². The molecular formula is C30H36O2. The first-order chi connectivity index (χ1) is 15.5. The molecule has 0 saturated heterocycles. The van der Waals surface area contributed by atoms with Gasteiger partial charge in [-0.25, -0.2) is 0 Å². The third kappa shape index (κ3) is 2.32. The maximum atomic E-state index is 11.8. The molecule has 8 saturated carbocycles. The Morgan fingerprint density at radius 2 is 0.781 bits per heavy atom. The lowest BCUT2D eigenvalue weighted by molar-refractivity contribution is -0.00754. The van der Waals surface area contributed by atoms with Crippen molar-refractivity contribution >= 4 is 10.8 Å². The molecule has 8 aliphatic rings. The number of fused-ring (bicyclic) bond motifs is 1. The Bertz CT molecular complexity index is 968. The fraction of sp³-hybridized carbons (Fsp3) is 0.667. The monoisotopic (exact) mass is 428 g/mol. The van der Waals surface area contributed by atoms with Crippen molar-refractivity contribution in [2.24, 2.45) is 35.5 Å². The Labute approximate surface area is 191 Å². The maximum Gasteiger partial charge on any atom is 0.162 e. The summed E-state index contributed by atoms with van der Waals surface area (Å²) < 4.78 is 0. The second-order valence-electron chi connectivity index (χ2n) is 13.4. The highest BCUT2D eigenvalue weighted by Gasteiger charge is 2.56. The first-order valence-corrected chi connectivity index (χ1v) is 13.5. The van der Waals surface area contributed by atoms with Crippen LogP contribution in [-0.2, 0) is 10.8 Å². The van der Waals surface area contributed by atoms with Crippen LogP contribution in [0.2, 0.25) is 0 Å². The molecule has 2 aromatic carbocycles. The molecular weight excluding hydrogens is 392 g/mol. The summed E-state index contributed by atoms with van der Waals surface area (Å²) in [6, 6.07) is 8.86. The number of rotatable bonds is 2. The van der Waals surface area contributed by atoms with Gasteiger partial charge in [0, 0.05) is 22.0 Å². The van der Waals surface area contributed by atoms with Gasteiger partial charge in [0.25, 0.3) is 0 Å². The standard InChI is InChI=1S/C30H36O2/c31-27-25(29-11-17-5-18(12-29)7-19(6-17)13-29)23-3-1-2-4-24(23)26(28(27)32)30-14-20-8-21(15-30)10-22(9-20)16-30/h1-4,17-22,31-32H,5-16H2. The van der Waals surface area contributed by atoms with E-state index in [1.165, 1.54) is 87.8 Å². The highest BCUT2D eigenvalue weighted by molar-refractivity contribution is 5.95. The zero-order valence-corrected chi connectivity index (χ0v) is 19.2. The minimum atomic E-state index is 0.0793. The largest absolute Gasteiger partial charge is 0.504 e. The normalized spacial score (nSPS) is 45.8. The van der Waals surface area contributed by atoms with Gasteiger partial charge in [-0.05, 0) is 123 Å². The van der Waals surface area contributed by atoms with Crippen molar-refractivity contribution < 1.29 is 10.2 Å². The quantitative estimate of drug-likeness (QED) is 0.497. The van der Waals surface area contributed by atoms with Crippen LogP contribution in [0.4, 0.5) is 0 Å². The van der Waals surface area contributed by atoms with Crippen LogP contribution in [0.25, 0.3) is 10.8 Å². The van der Waals surface area contributed by atoms with Crippen molar-refractivity contribution in [2.45, 2.75) is 87.9 Å². The van der Waals surface area contributed by atoms with Crippen LogP contribution in [0.1, 0.15) is 88.2 Å². The van der Waals surface area contributed by atoms with Crippen LogP contribution < -0.4 is 0 Å². The lowest BCUT2D eigenvalue weighted by Crippen LogP contribution is -2.49. The van der Waals surface area contributed by atoms with Crippen molar-refractivity contribution in [3.63, 3.8) is 0 Å². The molecule has 10 rings (SSSR count). The molecule has 0 aliphatic heterocycles. The molecule has 0 spiro atoms. The lowest BCUT2D eigenvalue weighted by atomic mass is 9.46. The summed E-state index contributed by atoms with van der Waals surface area (Å²) >= 11 is 0. The first-order valence-electron chi connectivity index (χ1n) is 13.5. The van der Waals surface area contributed by atoms with Gasteiger partial charge in [-0.15, -0.1) is 0 Å². The predicted octanol–water partition coefficient (Wildman–Crippen LogP) is 7.19. The maximum absolute atomic E-state index is 11.8. The third-order valence-corrected chi connectivity index (χ3v) is 11.3. The van der Waals surface area contributed by atoms with Crippen molar-refractivity contribution in [3.05, 3.63) is 35.4 Å². The molecule has 2 N–H and O–H groups in total. The molecule has 2 nitrogen and oxygen atoms in total. The molecule has 32 heavy (non-hydrogen) atoms. The van der Waals surface area contributed by atoms with Gasteiger partial charge in [-0.3, -0.25) is 0 Å². The van der Waals surface area contributed by atoms with Gasteiger partial charge in [0.05, 0.1) is 0 Å². The minimum Gasteiger partial charge on any atom is -0.504 e. The average Bonchev–Trinajstić information content (AvgIpc) is 2.72. The summed E-state index contributed by atoms with van der Waals surface area (Å²) in [5.41, 5.74) is 2.41. The van der Waals surface area contributed by atoms with Crippen LogP contribution in [0.3, 0.4) is 0 Å². The Hall–Kier alpha value is -1.70. The zero-order chi connectivity index (χ0) is 21.2. The topological polar surface area (TPSA) is 40.5 Å². The fourth-order valence-corrected chi connectivity index (χ4v) is 11.3. The van der Waals surface area contributed by atoms with E-state index in [9.17, 15) is 10.2 Å². The van der Waals surface area contributed by atoms with Crippen molar-refractivity contribution in [1.29, 1.82) is 0 Å². The second kappa shape index (κ2) is 6.05. The van der Waals surface area contributed by atoms with Crippen molar-refractivity contribution in [2.75, 3.05) is 0 Å².